The minimum Gasteiger partial charge on any atom is -0.345 e. The smallest absolute Gasteiger partial charge is 0.226 e. The number of rotatable bonds is 5. The van der Waals surface area contributed by atoms with Crippen molar-refractivity contribution < 1.29 is 9.18 Å². The van der Waals surface area contributed by atoms with Crippen LogP contribution in [0, 0.1) is 11.2 Å². The molecule has 1 amide bonds. The predicted octanol–water partition coefficient (Wildman–Crippen LogP) is 1.81. The third-order valence-corrected chi connectivity index (χ3v) is 2.91. The number of amides is 1. The van der Waals surface area contributed by atoms with Gasteiger partial charge in [0.15, 0.2) is 0 Å². The zero-order valence-corrected chi connectivity index (χ0v) is 11.2. The van der Waals surface area contributed by atoms with Gasteiger partial charge < -0.3 is 10.6 Å². The molecule has 0 aliphatic rings. The summed E-state index contributed by atoms with van der Waals surface area (Å²) in [6, 6.07) is 6.00. The molecule has 0 aliphatic carbocycles. The fourth-order valence-electron chi connectivity index (χ4n) is 1.71. The van der Waals surface area contributed by atoms with Gasteiger partial charge in [0.05, 0.1) is 6.42 Å². The number of likely N-dealkylation sites (N-methyl/N-ethyl adjacent to an activating group) is 1. The third kappa shape index (κ3) is 4.45. The number of nitrogens with zero attached hydrogens (tertiary/aromatic N) is 1. The van der Waals surface area contributed by atoms with Crippen molar-refractivity contribution in [3.05, 3.63) is 35.6 Å². The molecule has 0 saturated carbocycles. The first-order chi connectivity index (χ1) is 8.34. The summed E-state index contributed by atoms with van der Waals surface area (Å²) in [6.07, 6.45) is 0.289. The lowest BCUT2D eigenvalue weighted by Gasteiger charge is -2.29. The molecule has 3 nitrogen and oxygen atoms in total. The Morgan fingerprint density at radius 1 is 1.33 bits per heavy atom. The fourth-order valence-corrected chi connectivity index (χ4v) is 1.71. The maximum absolute atomic E-state index is 12.7. The Morgan fingerprint density at radius 3 is 2.39 bits per heavy atom. The Balaban J connectivity index is 2.57. The Morgan fingerprint density at radius 2 is 1.89 bits per heavy atom. The molecule has 2 N–H and O–H groups in total. The molecule has 0 heterocycles. The molecule has 0 bridgehead atoms. The lowest BCUT2D eigenvalue weighted by molar-refractivity contribution is -0.130. The first-order valence-electron chi connectivity index (χ1n) is 6.02. The molecule has 0 spiro atoms. The van der Waals surface area contributed by atoms with E-state index in [1.807, 2.05) is 13.8 Å². The molecule has 0 fully saturated rings. The number of halogens is 1. The monoisotopic (exact) mass is 252 g/mol. The van der Waals surface area contributed by atoms with Crippen molar-refractivity contribution in [3.63, 3.8) is 0 Å². The van der Waals surface area contributed by atoms with Crippen molar-refractivity contribution in [1.82, 2.24) is 4.90 Å². The highest BCUT2D eigenvalue weighted by Gasteiger charge is 2.21. The summed E-state index contributed by atoms with van der Waals surface area (Å²) in [6.45, 7) is 5.19. The Hall–Kier alpha value is -1.42. The van der Waals surface area contributed by atoms with E-state index < -0.39 is 0 Å². The van der Waals surface area contributed by atoms with Gasteiger partial charge in [0, 0.05) is 13.6 Å². The second-order valence-electron chi connectivity index (χ2n) is 5.42. The van der Waals surface area contributed by atoms with E-state index in [1.54, 1.807) is 24.1 Å². The summed E-state index contributed by atoms with van der Waals surface area (Å²) in [5.74, 6) is -0.271. The van der Waals surface area contributed by atoms with Crippen molar-refractivity contribution in [2.45, 2.75) is 20.3 Å². The third-order valence-electron chi connectivity index (χ3n) is 2.91. The molecule has 0 radical (unpaired) electrons. The summed E-state index contributed by atoms with van der Waals surface area (Å²) in [7, 11) is 1.77. The summed E-state index contributed by atoms with van der Waals surface area (Å²) < 4.78 is 12.7. The molecular formula is C14H21FN2O. The van der Waals surface area contributed by atoms with Crippen molar-refractivity contribution in [2.24, 2.45) is 11.1 Å². The standard InChI is InChI=1S/C14H21FN2O/c1-14(2,9-16)10-17(3)13(18)8-11-4-6-12(15)7-5-11/h4-7H,8-10,16H2,1-3H3. The van der Waals surface area contributed by atoms with Crippen LogP contribution in [0.2, 0.25) is 0 Å². The van der Waals surface area contributed by atoms with E-state index in [1.165, 1.54) is 12.1 Å². The topological polar surface area (TPSA) is 46.3 Å². The van der Waals surface area contributed by atoms with Crippen molar-refractivity contribution >= 4 is 5.91 Å². The summed E-state index contributed by atoms with van der Waals surface area (Å²) in [5, 5.41) is 0. The van der Waals surface area contributed by atoms with Gasteiger partial charge in [-0.05, 0) is 29.7 Å². The molecular weight excluding hydrogens is 231 g/mol. The fraction of sp³-hybridized carbons (Fsp3) is 0.500. The molecule has 100 valence electrons. The molecule has 4 heteroatoms. The molecule has 0 unspecified atom stereocenters. The van der Waals surface area contributed by atoms with Gasteiger partial charge >= 0.3 is 0 Å². The van der Waals surface area contributed by atoms with Gasteiger partial charge in [0.25, 0.3) is 0 Å². The lowest BCUT2D eigenvalue weighted by atomic mass is 9.93. The number of nitrogens with two attached hydrogens (primary N) is 1. The zero-order valence-electron chi connectivity index (χ0n) is 11.2. The second kappa shape index (κ2) is 5.96. The second-order valence-corrected chi connectivity index (χ2v) is 5.42. The highest BCUT2D eigenvalue weighted by molar-refractivity contribution is 5.78. The van der Waals surface area contributed by atoms with Crippen LogP contribution in [0.15, 0.2) is 24.3 Å². The summed E-state index contributed by atoms with van der Waals surface area (Å²) in [5.41, 5.74) is 6.37. The van der Waals surface area contributed by atoms with Crippen molar-refractivity contribution in [2.75, 3.05) is 20.1 Å². The molecule has 18 heavy (non-hydrogen) atoms. The average Bonchev–Trinajstić information content (AvgIpc) is 2.31. The lowest BCUT2D eigenvalue weighted by Crippen LogP contribution is -2.40. The number of carbonyl (C=O) groups is 1. The van der Waals surface area contributed by atoms with Crippen molar-refractivity contribution in [3.8, 4) is 0 Å². The molecule has 0 aromatic heterocycles. The summed E-state index contributed by atoms with van der Waals surface area (Å²) >= 11 is 0. The van der Waals surface area contributed by atoms with E-state index in [-0.39, 0.29) is 23.6 Å². The molecule has 0 aliphatic heterocycles. The van der Waals surface area contributed by atoms with Crippen LogP contribution in [0.1, 0.15) is 19.4 Å². The van der Waals surface area contributed by atoms with Crippen LogP contribution in [-0.4, -0.2) is 30.9 Å². The zero-order chi connectivity index (χ0) is 13.8. The quantitative estimate of drug-likeness (QED) is 0.868. The van der Waals surface area contributed by atoms with Crippen LogP contribution in [-0.2, 0) is 11.2 Å². The van der Waals surface area contributed by atoms with Gasteiger partial charge in [-0.1, -0.05) is 26.0 Å². The van der Waals surface area contributed by atoms with E-state index >= 15 is 0 Å². The Kier molecular flexibility index (Phi) is 4.84. The molecule has 1 aromatic rings. The van der Waals surface area contributed by atoms with Crippen LogP contribution in [0.4, 0.5) is 4.39 Å². The predicted molar refractivity (Wildman–Crippen MR) is 70.6 cm³/mol. The van der Waals surface area contributed by atoms with Gasteiger partial charge in [-0.25, -0.2) is 4.39 Å². The van der Waals surface area contributed by atoms with Gasteiger partial charge in [0.1, 0.15) is 5.82 Å². The van der Waals surface area contributed by atoms with Crippen LogP contribution in [0.5, 0.6) is 0 Å². The maximum Gasteiger partial charge on any atom is 0.226 e. The number of benzene rings is 1. The number of carbonyl (C=O) groups excluding carboxylic acids is 1. The van der Waals surface area contributed by atoms with Crippen molar-refractivity contribution in [1.29, 1.82) is 0 Å². The Labute approximate surface area is 108 Å². The first-order valence-corrected chi connectivity index (χ1v) is 6.02. The van der Waals surface area contributed by atoms with Gasteiger partial charge in [0.2, 0.25) is 5.91 Å². The Bertz CT molecular complexity index is 401. The minimum absolute atomic E-state index is 0.0168. The largest absolute Gasteiger partial charge is 0.345 e. The SMILES string of the molecule is CN(CC(C)(C)CN)C(=O)Cc1ccc(F)cc1. The van der Waals surface area contributed by atoms with Gasteiger partial charge in [-0.2, -0.15) is 0 Å². The first kappa shape index (κ1) is 14.6. The van der Waals surface area contributed by atoms with Crippen LogP contribution in [0.25, 0.3) is 0 Å². The van der Waals surface area contributed by atoms with Gasteiger partial charge in [-0.3, -0.25) is 4.79 Å². The van der Waals surface area contributed by atoms with E-state index in [9.17, 15) is 9.18 Å². The van der Waals surface area contributed by atoms with Crippen LogP contribution in [0.3, 0.4) is 0 Å². The average molecular weight is 252 g/mol. The molecule has 1 rings (SSSR count). The highest BCUT2D eigenvalue weighted by Crippen LogP contribution is 2.14. The van der Waals surface area contributed by atoms with Crippen LogP contribution < -0.4 is 5.73 Å². The normalized spacial score (nSPS) is 11.4. The maximum atomic E-state index is 12.7. The summed E-state index contributed by atoms with van der Waals surface area (Å²) in [4.78, 5) is 13.7. The highest BCUT2D eigenvalue weighted by atomic mass is 19.1. The molecule has 0 atom stereocenters. The number of hydrogen-bond donors (Lipinski definition) is 1. The van der Waals surface area contributed by atoms with Gasteiger partial charge in [-0.15, -0.1) is 0 Å². The number of hydrogen-bond acceptors (Lipinski definition) is 2. The van der Waals surface area contributed by atoms with E-state index in [2.05, 4.69) is 0 Å². The molecule has 1 aromatic carbocycles. The van der Waals surface area contributed by atoms with E-state index in [4.69, 9.17) is 5.73 Å². The molecule has 0 saturated heterocycles. The van der Waals surface area contributed by atoms with Crippen LogP contribution >= 0.6 is 0 Å². The van der Waals surface area contributed by atoms with E-state index in [0.29, 0.717) is 13.1 Å². The van der Waals surface area contributed by atoms with E-state index in [0.717, 1.165) is 5.56 Å². The minimum atomic E-state index is -0.288.